The first-order valence-electron chi connectivity index (χ1n) is 5.37. The fourth-order valence-electron chi connectivity index (χ4n) is 1.51. The maximum Gasteiger partial charge on any atom is 0.416 e. The third kappa shape index (κ3) is 4.02. The molecule has 1 rings (SSSR count). The van der Waals surface area contributed by atoms with E-state index in [1.54, 1.807) is 6.07 Å². The molecule has 0 bridgehead atoms. The maximum absolute atomic E-state index is 12.5. The number of benzene rings is 1. The summed E-state index contributed by atoms with van der Waals surface area (Å²) in [6, 6.07) is 5.08. The molecule has 96 valence electrons. The summed E-state index contributed by atoms with van der Waals surface area (Å²) in [5.41, 5.74) is 5.28. The van der Waals surface area contributed by atoms with E-state index in [2.05, 4.69) is 0 Å². The molecule has 0 radical (unpaired) electrons. The van der Waals surface area contributed by atoms with E-state index in [0.717, 1.165) is 12.1 Å². The average Bonchev–Trinajstić information content (AvgIpc) is 2.24. The van der Waals surface area contributed by atoms with Crippen molar-refractivity contribution in [3.05, 3.63) is 35.4 Å². The van der Waals surface area contributed by atoms with Gasteiger partial charge in [0.1, 0.15) is 0 Å². The highest BCUT2D eigenvalue weighted by atomic mass is 19.4. The van der Waals surface area contributed by atoms with Crippen LogP contribution in [0.5, 0.6) is 0 Å². The summed E-state index contributed by atoms with van der Waals surface area (Å²) in [6.07, 6.45) is -4.93. The molecule has 2 nitrogen and oxygen atoms in total. The number of alkyl halides is 3. The molecule has 0 saturated heterocycles. The first-order chi connectivity index (χ1) is 7.84. The Morgan fingerprint density at radius 2 is 1.94 bits per heavy atom. The van der Waals surface area contributed by atoms with Gasteiger partial charge in [0, 0.05) is 6.54 Å². The van der Waals surface area contributed by atoms with E-state index in [9.17, 15) is 13.2 Å². The van der Waals surface area contributed by atoms with Gasteiger partial charge in [-0.2, -0.15) is 13.2 Å². The number of rotatable bonds is 4. The van der Waals surface area contributed by atoms with Crippen LogP contribution in [0.2, 0.25) is 0 Å². The third-order valence-corrected chi connectivity index (χ3v) is 2.24. The highest BCUT2D eigenvalue weighted by Crippen LogP contribution is 2.31. The summed E-state index contributed by atoms with van der Waals surface area (Å²) in [5, 5.41) is 0. The van der Waals surface area contributed by atoms with Crippen molar-refractivity contribution in [2.75, 3.05) is 6.54 Å². The lowest BCUT2D eigenvalue weighted by Gasteiger charge is -2.20. The molecular formula is C12H16F3NO. The minimum atomic E-state index is -4.34. The molecule has 2 N–H and O–H groups in total. The molecule has 1 aromatic rings. The van der Waals surface area contributed by atoms with Crippen molar-refractivity contribution in [3.8, 4) is 0 Å². The molecule has 5 heteroatoms. The van der Waals surface area contributed by atoms with E-state index >= 15 is 0 Å². The number of hydrogen-bond acceptors (Lipinski definition) is 2. The molecule has 1 aromatic carbocycles. The summed E-state index contributed by atoms with van der Waals surface area (Å²) in [4.78, 5) is 0. The Labute approximate surface area is 98.6 Å². The smallest absolute Gasteiger partial charge is 0.370 e. The molecule has 0 aliphatic rings. The van der Waals surface area contributed by atoms with E-state index in [-0.39, 0.29) is 12.6 Å². The van der Waals surface area contributed by atoms with Crippen LogP contribution in [-0.4, -0.2) is 12.6 Å². The quantitative estimate of drug-likeness (QED) is 0.887. The van der Waals surface area contributed by atoms with Crippen LogP contribution < -0.4 is 5.73 Å². The van der Waals surface area contributed by atoms with Crippen LogP contribution in [0, 0.1) is 0 Å². The van der Waals surface area contributed by atoms with Gasteiger partial charge in [0.15, 0.2) is 0 Å². The monoisotopic (exact) mass is 247 g/mol. The topological polar surface area (TPSA) is 35.2 Å². The Kier molecular flexibility index (Phi) is 4.54. The summed E-state index contributed by atoms with van der Waals surface area (Å²) in [7, 11) is 0. The average molecular weight is 247 g/mol. The lowest BCUT2D eigenvalue weighted by molar-refractivity contribution is -0.137. The minimum Gasteiger partial charge on any atom is -0.370 e. The Hall–Kier alpha value is -1.07. The van der Waals surface area contributed by atoms with Crippen LogP contribution >= 0.6 is 0 Å². The van der Waals surface area contributed by atoms with E-state index in [1.807, 2.05) is 13.8 Å². The first kappa shape index (κ1) is 14.0. The Morgan fingerprint density at radius 3 is 2.41 bits per heavy atom. The molecule has 0 saturated carbocycles. The van der Waals surface area contributed by atoms with Crippen molar-refractivity contribution in [2.24, 2.45) is 5.73 Å². The number of nitrogens with two attached hydrogens (primary N) is 1. The standard InChI is InChI=1S/C12H16F3NO/c1-8(2)17-11(7-16)9-4-3-5-10(6-9)12(13,14)15/h3-6,8,11H,7,16H2,1-2H3/t11-/m1/s1. The van der Waals surface area contributed by atoms with Crippen molar-refractivity contribution in [3.63, 3.8) is 0 Å². The van der Waals surface area contributed by atoms with Crippen LogP contribution in [0.15, 0.2) is 24.3 Å². The minimum absolute atomic E-state index is 0.0851. The molecule has 0 aromatic heterocycles. The molecule has 0 aliphatic heterocycles. The molecular weight excluding hydrogens is 231 g/mol. The van der Waals surface area contributed by atoms with Gasteiger partial charge in [-0.05, 0) is 31.5 Å². The first-order valence-corrected chi connectivity index (χ1v) is 5.37. The zero-order valence-electron chi connectivity index (χ0n) is 9.79. The molecule has 0 amide bonds. The van der Waals surface area contributed by atoms with Crippen molar-refractivity contribution in [2.45, 2.75) is 32.2 Å². The van der Waals surface area contributed by atoms with Crippen LogP contribution in [0.4, 0.5) is 13.2 Å². The van der Waals surface area contributed by atoms with Gasteiger partial charge in [-0.15, -0.1) is 0 Å². The van der Waals surface area contributed by atoms with Gasteiger partial charge < -0.3 is 10.5 Å². The summed E-state index contributed by atoms with van der Waals surface area (Å²) in [6.45, 7) is 3.78. The molecule has 0 fully saturated rings. The summed E-state index contributed by atoms with van der Waals surface area (Å²) < 4.78 is 43.0. The fourth-order valence-corrected chi connectivity index (χ4v) is 1.51. The largest absolute Gasteiger partial charge is 0.416 e. The van der Waals surface area contributed by atoms with Crippen LogP contribution in [0.1, 0.15) is 31.1 Å². The fraction of sp³-hybridized carbons (Fsp3) is 0.500. The van der Waals surface area contributed by atoms with Gasteiger partial charge in [-0.25, -0.2) is 0 Å². The van der Waals surface area contributed by atoms with E-state index in [0.29, 0.717) is 5.56 Å². The molecule has 0 unspecified atom stereocenters. The highest BCUT2D eigenvalue weighted by molar-refractivity contribution is 5.27. The van der Waals surface area contributed by atoms with Crippen LogP contribution in [0.25, 0.3) is 0 Å². The van der Waals surface area contributed by atoms with Gasteiger partial charge in [-0.1, -0.05) is 12.1 Å². The SMILES string of the molecule is CC(C)O[C@H](CN)c1cccc(C(F)(F)F)c1. The van der Waals surface area contributed by atoms with Crippen molar-refractivity contribution >= 4 is 0 Å². The maximum atomic E-state index is 12.5. The van der Waals surface area contributed by atoms with E-state index in [1.165, 1.54) is 6.07 Å². The Bertz CT molecular complexity index is 363. The lowest BCUT2D eigenvalue weighted by atomic mass is 10.1. The highest BCUT2D eigenvalue weighted by Gasteiger charge is 2.31. The normalized spacial score (nSPS) is 14.1. The van der Waals surface area contributed by atoms with Crippen molar-refractivity contribution in [1.29, 1.82) is 0 Å². The summed E-state index contributed by atoms with van der Waals surface area (Å²) in [5.74, 6) is 0. The zero-order chi connectivity index (χ0) is 13.1. The van der Waals surface area contributed by atoms with Gasteiger partial charge in [0.25, 0.3) is 0 Å². The second-order valence-electron chi connectivity index (χ2n) is 4.03. The molecule has 0 spiro atoms. The van der Waals surface area contributed by atoms with Crippen molar-refractivity contribution in [1.82, 2.24) is 0 Å². The molecule has 0 heterocycles. The number of hydrogen-bond donors (Lipinski definition) is 1. The third-order valence-electron chi connectivity index (χ3n) is 2.24. The summed E-state index contributed by atoms with van der Waals surface area (Å²) >= 11 is 0. The molecule has 17 heavy (non-hydrogen) atoms. The van der Waals surface area contributed by atoms with Crippen LogP contribution in [-0.2, 0) is 10.9 Å². The van der Waals surface area contributed by atoms with E-state index < -0.39 is 17.8 Å². The predicted molar refractivity (Wildman–Crippen MR) is 59.5 cm³/mol. The predicted octanol–water partition coefficient (Wildman–Crippen LogP) is 3.13. The van der Waals surface area contributed by atoms with Gasteiger partial charge in [0.2, 0.25) is 0 Å². The molecule has 0 aliphatic carbocycles. The van der Waals surface area contributed by atoms with Gasteiger partial charge in [0.05, 0.1) is 17.8 Å². The number of halogens is 3. The van der Waals surface area contributed by atoms with Crippen LogP contribution in [0.3, 0.4) is 0 Å². The Balaban J connectivity index is 2.97. The number of ether oxygens (including phenoxy) is 1. The van der Waals surface area contributed by atoms with Gasteiger partial charge in [-0.3, -0.25) is 0 Å². The second-order valence-corrected chi connectivity index (χ2v) is 4.03. The van der Waals surface area contributed by atoms with Gasteiger partial charge >= 0.3 is 6.18 Å². The van der Waals surface area contributed by atoms with Crippen molar-refractivity contribution < 1.29 is 17.9 Å². The lowest BCUT2D eigenvalue weighted by Crippen LogP contribution is -2.20. The zero-order valence-corrected chi connectivity index (χ0v) is 9.79. The second kappa shape index (κ2) is 5.51. The molecule has 1 atom stereocenters. The van der Waals surface area contributed by atoms with E-state index in [4.69, 9.17) is 10.5 Å². The Morgan fingerprint density at radius 1 is 1.29 bits per heavy atom.